The second-order valence-electron chi connectivity index (χ2n) is 5.52. The molecule has 2 aromatic carbocycles. The van der Waals surface area contributed by atoms with Crippen LogP contribution in [0.5, 0.6) is 0 Å². The first-order valence-electron chi connectivity index (χ1n) is 7.22. The average Bonchev–Trinajstić information content (AvgIpc) is 2.63. The smallest absolute Gasteiger partial charge is 0.288 e. The van der Waals surface area contributed by atoms with Gasteiger partial charge in [0.15, 0.2) is 23.3 Å². The van der Waals surface area contributed by atoms with Gasteiger partial charge in [-0.1, -0.05) is 0 Å². The van der Waals surface area contributed by atoms with Gasteiger partial charge in [-0.3, -0.25) is 14.9 Å². The molecule has 0 aliphatic carbocycles. The zero-order valence-corrected chi connectivity index (χ0v) is 13.7. The Labute approximate surface area is 158 Å². The Hall–Kier alpha value is -3.19. The van der Waals surface area contributed by atoms with E-state index in [-0.39, 0.29) is 18.2 Å². The molecule has 2 amide bonds. The van der Waals surface area contributed by atoms with E-state index in [0.29, 0.717) is 0 Å². The van der Waals surface area contributed by atoms with E-state index < -0.39 is 75.5 Å². The third-order valence-electron chi connectivity index (χ3n) is 3.51. The maximum Gasteiger partial charge on any atom is 0.416 e. The number of rotatable bonds is 2. The second-order valence-corrected chi connectivity index (χ2v) is 5.52. The summed E-state index contributed by atoms with van der Waals surface area (Å²) in [4.78, 5) is 23.6. The molecular formula is C16H4F11NO2. The standard InChI is InChI=1S/C16H4F11NO2/c17-8-7(9(18)11(20)12(21)10(8)19)14(30)28-13(29)4-1-5(15(22,23)24)3-6(2-4)16(25,26)27/h1-3H,(H,28,29,30). The molecule has 0 aliphatic heterocycles. The van der Waals surface area contributed by atoms with Crippen LogP contribution in [-0.4, -0.2) is 11.8 Å². The molecule has 2 aromatic rings. The third kappa shape index (κ3) is 4.36. The predicted molar refractivity (Wildman–Crippen MR) is 74.5 cm³/mol. The van der Waals surface area contributed by atoms with Crippen LogP contribution < -0.4 is 5.32 Å². The Bertz CT molecular complexity index is 980. The van der Waals surface area contributed by atoms with Gasteiger partial charge in [-0.2, -0.15) is 26.3 Å². The third-order valence-corrected chi connectivity index (χ3v) is 3.51. The second kappa shape index (κ2) is 7.57. The van der Waals surface area contributed by atoms with E-state index in [0.717, 1.165) is 5.32 Å². The molecular weight excluding hydrogens is 447 g/mol. The number of halogens is 11. The fraction of sp³-hybridized carbons (Fsp3) is 0.125. The number of amides is 2. The van der Waals surface area contributed by atoms with Gasteiger partial charge >= 0.3 is 12.4 Å². The van der Waals surface area contributed by atoms with E-state index in [1.807, 2.05) is 0 Å². The van der Waals surface area contributed by atoms with Gasteiger partial charge in [-0.15, -0.1) is 0 Å². The maximum absolute atomic E-state index is 13.6. The zero-order valence-electron chi connectivity index (χ0n) is 13.7. The first-order valence-corrected chi connectivity index (χ1v) is 7.22. The molecule has 3 nitrogen and oxygen atoms in total. The van der Waals surface area contributed by atoms with Crippen molar-refractivity contribution in [2.24, 2.45) is 0 Å². The van der Waals surface area contributed by atoms with Crippen molar-refractivity contribution in [2.75, 3.05) is 0 Å². The summed E-state index contributed by atoms with van der Waals surface area (Å²) in [5.74, 6) is -17.4. The number of carbonyl (C=O) groups excluding carboxylic acids is 2. The zero-order chi connectivity index (χ0) is 23.2. The summed E-state index contributed by atoms with van der Waals surface area (Å²) in [5, 5.41) is 0.977. The number of imide groups is 1. The Morgan fingerprint density at radius 1 is 0.600 bits per heavy atom. The van der Waals surface area contributed by atoms with Crippen molar-refractivity contribution >= 4 is 11.8 Å². The SMILES string of the molecule is O=C(NC(=O)c1c(F)c(F)c(F)c(F)c1F)c1cc(C(F)(F)F)cc(C(F)(F)F)c1. The van der Waals surface area contributed by atoms with Crippen molar-refractivity contribution in [3.05, 3.63) is 69.5 Å². The number of benzene rings is 2. The highest BCUT2D eigenvalue weighted by Gasteiger charge is 2.38. The highest BCUT2D eigenvalue weighted by atomic mass is 19.4. The molecule has 1 N–H and O–H groups in total. The molecule has 0 bridgehead atoms. The summed E-state index contributed by atoms with van der Waals surface area (Å²) in [7, 11) is 0. The van der Waals surface area contributed by atoms with Gasteiger partial charge < -0.3 is 0 Å². The minimum Gasteiger partial charge on any atom is -0.288 e. The molecule has 14 heteroatoms. The molecule has 0 atom stereocenters. The largest absolute Gasteiger partial charge is 0.416 e. The quantitative estimate of drug-likeness (QED) is 0.303. The lowest BCUT2D eigenvalue weighted by molar-refractivity contribution is -0.143. The van der Waals surface area contributed by atoms with Crippen LogP contribution >= 0.6 is 0 Å². The highest BCUT2D eigenvalue weighted by molar-refractivity contribution is 6.10. The molecule has 0 radical (unpaired) electrons. The van der Waals surface area contributed by atoms with Crippen LogP contribution in [0.3, 0.4) is 0 Å². The Balaban J connectivity index is 2.50. The summed E-state index contributed by atoms with van der Waals surface area (Å²) >= 11 is 0. The van der Waals surface area contributed by atoms with Crippen molar-refractivity contribution < 1.29 is 57.9 Å². The lowest BCUT2D eigenvalue weighted by Crippen LogP contribution is -2.33. The van der Waals surface area contributed by atoms with Crippen LogP contribution in [0.1, 0.15) is 31.8 Å². The summed E-state index contributed by atoms with van der Waals surface area (Å²) in [6.07, 6.45) is -10.7. The average molecular weight is 451 g/mol. The molecule has 0 aliphatic rings. The van der Waals surface area contributed by atoms with Crippen LogP contribution in [0.15, 0.2) is 18.2 Å². The van der Waals surface area contributed by atoms with Crippen LogP contribution in [0.2, 0.25) is 0 Å². The number of alkyl halides is 6. The van der Waals surface area contributed by atoms with Crippen molar-refractivity contribution in [1.82, 2.24) is 5.32 Å². The van der Waals surface area contributed by atoms with Gasteiger partial charge in [0.25, 0.3) is 11.8 Å². The fourth-order valence-electron chi connectivity index (χ4n) is 2.13. The van der Waals surface area contributed by atoms with Crippen molar-refractivity contribution in [2.45, 2.75) is 12.4 Å². The van der Waals surface area contributed by atoms with Gasteiger partial charge in [-0.25, -0.2) is 22.0 Å². The normalized spacial score (nSPS) is 12.1. The number of carbonyl (C=O) groups is 2. The fourth-order valence-corrected chi connectivity index (χ4v) is 2.13. The Morgan fingerprint density at radius 2 is 0.967 bits per heavy atom. The first kappa shape index (κ1) is 23.1. The molecule has 0 spiro atoms. The molecule has 2 rings (SSSR count). The van der Waals surface area contributed by atoms with Crippen molar-refractivity contribution in [3.8, 4) is 0 Å². The van der Waals surface area contributed by atoms with Crippen LogP contribution in [-0.2, 0) is 12.4 Å². The molecule has 30 heavy (non-hydrogen) atoms. The van der Waals surface area contributed by atoms with E-state index in [1.165, 1.54) is 0 Å². The van der Waals surface area contributed by atoms with E-state index >= 15 is 0 Å². The molecule has 0 heterocycles. The van der Waals surface area contributed by atoms with Crippen LogP contribution in [0.25, 0.3) is 0 Å². The monoisotopic (exact) mass is 451 g/mol. The van der Waals surface area contributed by atoms with Gasteiger partial charge in [0.1, 0.15) is 5.56 Å². The first-order chi connectivity index (χ1) is 13.6. The van der Waals surface area contributed by atoms with E-state index in [1.54, 1.807) is 0 Å². The Kier molecular flexibility index (Phi) is 5.83. The molecule has 162 valence electrons. The highest BCUT2D eigenvalue weighted by Crippen LogP contribution is 2.36. The maximum atomic E-state index is 13.6. The van der Waals surface area contributed by atoms with Crippen LogP contribution in [0, 0.1) is 29.1 Å². The lowest BCUT2D eigenvalue weighted by Gasteiger charge is -2.14. The van der Waals surface area contributed by atoms with Gasteiger partial charge in [-0.05, 0) is 18.2 Å². The van der Waals surface area contributed by atoms with Gasteiger partial charge in [0, 0.05) is 5.56 Å². The number of nitrogens with one attached hydrogen (secondary N) is 1. The van der Waals surface area contributed by atoms with Crippen molar-refractivity contribution in [3.63, 3.8) is 0 Å². The molecule has 0 unspecified atom stereocenters. The minimum atomic E-state index is -5.36. The van der Waals surface area contributed by atoms with E-state index in [9.17, 15) is 57.9 Å². The topological polar surface area (TPSA) is 46.2 Å². The Morgan fingerprint density at radius 3 is 1.33 bits per heavy atom. The summed E-state index contributed by atoms with van der Waals surface area (Å²) < 4.78 is 143. The van der Waals surface area contributed by atoms with Gasteiger partial charge in [0.2, 0.25) is 5.82 Å². The molecule has 0 fully saturated rings. The van der Waals surface area contributed by atoms with E-state index in [2.05, 4.69) is 0 Å². The summed E-state index contributed by atoms with van der Waals surface area (Å²) in [6, 6.07) is -0.574. The summed E-state index contributed by atoms with van der Waals surface area (Å²) in [6.45, 7) is 0. The molecule has 0 aromatic heterocycles. The minimum absolute atomic E-state index is 0.115. The number of hydrogen-bond acceptors (Lipinski definition) is 2. The lowest BCUT2D eigenvalue weighted by atomic mass is 10.0. The van der Waals surface area contributed by atoms with Crippen molar-refractivity contribution in [1.29, 1.82) is 0 Å². The predicted octanol–water partition coefficient (Wildman–Crippen LogP) is 4.99. The molecule has 0 saturated carbocycles. The van der Waals surface area contributed by atoms with Crippen LogP contribution in [0.4, 0.5) is 48.3 Å². The molecule has 0 saturated heterocycles. The number of hydrogen-bond donors (Lipinski definition) is 1. The van der Waals surface area contributed by atoms with E-state index in [4.69, 9.17) is 0 Å². The van der Waals surface area contributed by atoms with Gasteiger partial charge in [0.05, 0.1) is 11.1 Å². The summed E-state index contributed by atoms with van der Waals surface area (Å²) in [5.41, 5.74) is -7.49.